The van der Waals surface area contributed by atoms with Gasteiger partial charge in [0.25, 0.3) is 5.91 Å². The molecule has 3 aromatic rings. The predicted octanol–water partition coefficient (Wildman–Crippen LogP) is 6.72. The van der Waals surface area contributed by atoms with E-state index in [0.29, 0.717) is 27.3 Å². The number of anilines is 1. The number of benzene rings is 2. The number of hydrogen-bond donors (Lipinski definition) is 1. The molecule has 1 N–H and O–H groups in total. The van der Waals surface area contributed by atoms with Crippen molar-refractivity contribution in [1.29, 1.82) is 5.26 Å². The third-order valence-corrected chi connectivity index (χ3v) is 5.14. The van der Waals surface area contributed by atoms with Gasteiger partial charge >= 0.3 is 0 Å². The van der Waals surface area contributed by atoms with Gasteiger partial charge in [-0.2, -0.15) is 5.26 Å². The molecule has 0 saturated heterocycles. The van der Waals surface area contributed by atoms with Crippen molar-refractivity contribution in [3.05, 3.63) is 80.5 Å². The summed E-state index contributed by atoms with van der Waals surface area (Å²) in [7, 11) is 0. The maximum Gasteiger partial charge on any atom is 0.266 e. The van der Waals surface area contributed by atoms with E-state index >= 15 is 0 Å². The maximum absolute atomic E-state index is 12.6. The number of halogens is 2. The van der Waals surface area contributed by atoms with Gasteiger partial charge in [-0.25, -0.2) is 0 Å². The van der Waals surface area contributed by atoms with E-state index in [1.807, 2.05) is 39.0 Å². The van der Waals surface area contributed by atoms with Gasteiger partial charge in [0.2, 0.25) is 0 Å². The molecule has 29 heavy (non-hydrogen) atoms. The predicted molar refractivity (Wildman–Crippen MR) is 117 cm³/mol. The number of rotatable bonds is 4. The molecule has 146 valence electrons. The van der Waals surface area contributed by atoms with Crippen LogP contribution in [0.4, 0.5) is 5.69 Å². The van der Waals surface area contributed by atoms with Crippen LogP contribution in [0.5, 0.6) is 0 Å². The Kier molecular flexibility index (Phi) is 6.12. The van der Waals surface area contributed by atoms with E-state index in [1.54, 1.807) is 30.3 Å². The van der Waals surface area contributed by atoms with Crippen LogP contribution >= 0.6 is 23.2 Å². The summed E-state index contributed by atoms with van der Waals surface area (Å²) in [4.78, 5) is 12.6. The summed E-state index contributed by atoms with van der Waals surface area (Å²) in [6.45, 7) is 5.83. The average molecular weight is 425 g/mol. The zero-order chi connectivity index (χ0) is 21.1. The van der Waals surface area contributed by atoms with Crippen LogP contribution < -0.4 is 5.32 Å². The summed E-state index contributed by atoms with van der Waals surface area (Å²) in [5, 5.41) is 13.1. The Morgan fingerprint density at radius 2 is 1.72 bits per heavy atom. The number of furan rings is 1. The number of hydrogen-bond acceptors (Lipinski definition) is 3. The standard InChI is InChI=1S/C23H18Cl2N2O2/c1-13-8-14(2)22(15(3)9-13)27-23(28)17(12-26)10-18-5-7-21(29-18)16-4-6-19(24)20(25)11-16/h4-11H,1-3H3,(H,27,28)/b17-10+. The van der Waals surface area contributed by atoms with Crippen molar-refractivity contribution in [1.82, 2.24) is 0 Å². The number of amides is 1. The van der Waals surface area contributed by atoms with Crippen LogP contribution in [-0.2, 0) is 4.79 Å². The van der Waals surface area contributed by atoms with Crippen molar-refractivity contribution in [3.8, 4) is 17.4 Å². The lowest BCUT2D eigenvalue weighted by molar-refractivity contribution is -0.112. The highest BCUT2D eigenvalue weighted by molar-refractivity contribution is 6.42. The van der Waals surface area contributed by atoms with Gasteiger partial charge < -0.3 is 9.73 Å². The maximum atomic E-state index is 12.6. The zero-order valence-corrected chi connectivity index (χ0v) is 17.7. The van der Waals surface area contributed by atoms with Gasteiger partial charge in [-0.05, 0) is 62.2 Å². The summed E-state index contributed by atoms with van der Waals surface area (Å²) in [6, 6.07) is 14.5. The van der Waals surface area contributed by atoms with Crippen LogP contribution in [0.1, 0.15) is 22.5 Å². The normalized spacial score (nSPS) is 11.2. The van der Waals surface area contributed by atoms with E-state index in [1.165, 1.54) is 6.08 Å². The molecule has 0 radical (unpaired) electrons. The zero-order valence-electron chi connectivity index (χ0n) is 16.1. The van der Waals surface area contributed by atoms with Crippen LogP contribution in [0.3, 0.4) is 0 Å². The Labute approximate surface area is 179 Å². The number of carbonyl (C=O) groups is 1. The Balaban J connectivity index is 1.85. The molecule has 0 atom stereocenters. The molecular formula is C23H18Cl2N2O2. The van der Waals surface area contributed by atoms with Crippen molar-refractivity contribution in [2.45, 2.75) is 20.8 Å². The van der Waals surface area contributed by atoms with E-state index in [-0.39, 0.29) is 5.57 Å². The topological polar surface area (TPSA) is 66.0 Å². The highest BCUT2D eigenvalue weighted by atomic mass is 35.5. The second-order valence-electron chi connectivity index (χ2n) is 6.73. The molecule has 0 saturated carbocycles. The minimum absolute atomic E-state index is 0.0561. The first kappa shape index (κ1) is 20.7. The van der Waals surface area contributed by atoms with Gasteiger partial charge in [0.1, 0.15) is 23.2 Å². The third-order valence-electron chi connectivity index (χ3n) is 4.40. The van der Waals surface area contributed by atoms with Gasteiger partial charge in [0, 0.05) is 17.3 Å². The molecule has 4 nitrogen and oxygen atoms in total. The molecule has 0 bridgehead atoms. The lowest BCUT2D eigenvalue weighted by Gasteiger charge is -2.12. The molecule has 0 spiro atoms. The SMILES string of the molecule is Cc1cc(C)c(NC(=O)/C(C#N)=C/c2ccc(-c3ccc(Cl)c(Cl)c3)o2)c(C)c1. The molecule has 2 aromatic carbocycles. The monoisotopic (exact) mass is 424 g/mol. The molecular weight excluding hydrogens is 407 g/mol. The van der Waals surface area contributed by atoms with Crippen molar-refractivity contribution in [2.75, 3.05) is 5.32 Å². The van der Waals surface area contributed by atoms with Gasteiger partial charge in [-0.15, -0.1) is 0 Å². The van der Waals surface area contributed by atoms with Crippen molar-refractivity contribution in [3.63, 3.8) is 0 Å². The number of carbonyl (C=O) groups excluding carboxylic acids is 1. The number of aryl methyl sites for hydroxylation is 3. The molecule has 0 aliphatic heterocycles. The first-order chi connectivity index (χ1) is 13.8. The fourth-order valence-electron chi connectivity index (χ4n) is 3.08. The fourth-order valence-corrected chi connectivity index (χ4v) is 3.38. The Hall–Kier alpha value is -3.00. The highest BCUT2D eigenvalue weighted by Crippen LogP contribution is 2.30. The van der Waals surface area contributed by atoms with Gasteiger partial charge in [-0.1, -0.05) is 40.9 Å². The quantitative estimate of drug-likeness (QED) is 0.373. The molecule has 1 amide bonds. The Bertz CT molecular complexity index is 1150. The van der Waals surface area contributed by atoms with E-state index < -0.39 is 5.91 Å². The Morgan fingerprint density at radius 1 is 1.03 bits per heavy atom. The first-order valence-electron chi connectivity index (χ1n) is 8.84. The van der Waals surface area contributed by atoms with Gasteiger partial charge in [0.15, 0.2) is 0 Å². The lowest BCUT2D eigenvalue weighted by atomic mass is 10.0. The largest absolute Gasteiger partial charge is 0.457 e. The minimum atomic E-state index is -0.491. The summed E-state index contributed by atoms with van der Waals surface area (Å²) >= 11 is 12.0. The first-order valence-corrected chi connectivity index (χ1v) is 9.60. The molecule has 0 unspecified atom stereocenters. The van der Waals surface area contributed by atoms with Crippen molar-refractivity contribution in [2.24, 2.45) is 0 Å². The van der Waals surface area contributed by atoms with E-state index in [4.69, 9.17) is 27.6 Å². The highest BCUT2D eigenvalue weighted by Gasteiger charge is 2.14. The van der Waals surface area contributed by atoms with Crippen molar-refractivity contribution >= 4 is 40.9 Å². The fraction of sp³-hybridized carbons (Fsp3) is 0.130. The second kappa shape index (κ2) is 8.57. The smallest absolute Gasteiger partial charge is 0.266 e. The summed E-state index contributed by atoms with van der Waals surface area (Å²) in [5.41, 5.74) is 4.38. The van der Waals surface area contributed by atoms with Gasteiger partial charge in [0.05, 0.1) is 10.0 Å². The van der Waals surface area contributed by atoms with Crippen LogP contribution in [0.15, 0.2) is 52.5 Å². The van der Waals surface area contributed by atoms with Crippen LogP contribution in [0.25, 0.3) is 17.4 Å². The minimum Gasteiger partial charge on any atom is -0.457 e. The van der Waals surface area contributed by atoms with E-state index in [0.717, 1.165) is 22.3 Å². The van der Waals surface area contributed by atoms with Crippen LogP contribution in [-0.4, -0.2) is 5.91 Å². The second-order valence-corrected chi connectivity index (χ2v) is 7.54. The van der Waals surface area contributed by atoms with Crippen LogP contribution in [0, 0.1) is 32.1 Å². The number of nitrogens with one attached hydrogen (secondary N) is 1. The Morgan fingerprint density at radius 3 is 2.34 bits per heavy atom. The lowest BCUT2D eigenvalue weighted by Crippen LogP contribution is -2.15. The molecule has 1 heterocycles. The van der Waals surface area contributed by atoms with Crippen molar-refractivity contribution < 1.29 is 9.21 Å². The average Bonchev–Trinajstić information content (AvgIpc) is 3.13. The number of nitriles is 1. The molecule has 6 heteroatoms. The molecule has 1 aromatic heterocycles. The van der Waals surface area contributed by atoms with E-state index in [9.17, 15) is 10.1 Å². The molecule has 0 aliphatic rings. The van der Waals surface area contributed by atoms with Gasteiger partial charge in [-0.3, -0.25) is 4.79 Å². The summed E-state index contributed by atoms with van der Waals surface area (Å²) in [5.74, 6) is 0.447. The molecule has 0 fully saturated rings. The third kappa shape index (κ3) is 4.71. The van der Waals surface area contributed by atoms with E-state index in [2.05, 4.69) is 5.32 Å². The summed E-state index contributed by atoms with van der Waals surface area (Å²) < 4.78 is 5.75. The number of nitrogens with zero attached hydrogens (tertiary/aromatic N) is 1. The molecule has 0 aliphatic carbocycles. The van der Waals surface area contributed by atoms with Crippen LogP contribution in [0.2, 0.25) is 10.0 Å². The summed E-state index contributed by atoms with van der Waals surface area (Å²) in [6.07, 6.45) is 1.41. The molecule has 3 rings (SSSR count).